The number of aryl methyl sites for hydroxylation is 1. The van der Waals surface area contributed by atoms with E-state index in [9.17, 15) is 8.42 Å². The van der Waals surface area contributed by atoms with Gasteiger partial charge in [0, 0.05) is 25.1 Å². The summed E-state index contributed by atoms with van der Waals surface area (Å²) in [6, 6.07) is 4.38. The fraction of sp³-hybridized carbons (Fsp3) is 0.200. The van der Waals surface area contributed by atoms with Gasteiger partial charge in [0.25, 0.3) is 0 Å². The lowest BCUT2D eigenvalue weighted by atomic mass is 10.3. The fourth-order valence-corrected chi connectivity index (χ4v) is 2.02. The Bertz CT molecular complexity index is 678. The van der Waals surface area contributed by atoms with Gasteiger partial charge >= 0.3 is 6.01 Å². The number of rotatable bonds is 3. The molecular weight excluding hydrogens is 256 g/mol. The average Bonchev–Trinajstić information content (AvgIpc) is 2.61. The SMILES string of the molecule is Cn1cnc(Oc2cc(N)cc(S(C)(=O)=O)c2)n1. The van der Waals surface area contributed by atoms with Crippen LogP contribution in [0.15, 0.2) is 29.4 Å². The molecule has 7 nitrogen and oxygen atoms in total. The molecule has 0 saturated heterocycles. The van der Waals surface area contributed by atoms with Gasteiger partial charge in [-0.05, 0) is 12.1 Å². The number of anilines is 1. The van der Waals surface area contributed by atoms with Crippen LogP contribution in [0.1, 0.15) is 0 Å². The molecule has 0 spiro atoms. The first-order valence-corrected chi connectivity index (χ1v) is 6.88. The van der Waals surface area contributed by atoms with E-state index in [1.807, 2.05) is 0 Å². The Morgan fingerprint density at radius 1 is 1.33 bits per heavy atom. The maximum atomic E-state index is 11.4. The van der Waals surface area contributed by atoms with Gasteiger partial charge in [0.15, 0.2) is 9.84 Å². The molecule has 96 valence electrons. The molecule has 0 amide bonds. The summed E-state index contributed by atoms with van der Waals surface area (Å²) in [4.78, 5) is 3.96. The summed E-state index contributed by atoms with van der Waals surface area (Å²) in [5.41, 5.74) is 5.92. The third-order valence-corrected chi connectivity index (χ3v) is 3.21. The fourth-order valence-electron chi connectivity index (χ4n) is 1.34. The number of nitrogens with two attached hydrogens (primary N) is 1. The Morgan fingerprint density at radius 2 is 2.06 bits per heavy atom. The van der Waals surface area contributed by atoms with Crippen molar-refractivity contribution in [3.05, 3.63) is 24.5 Å². The summed E-state index contributed by atoms with van der Waals surface area (Å²) in [6.45, 7) is 0. The molecule has 0 fully saturated rings. The second kappa shape index (κ2) is 4.30. The van der Waals surface area contributed by atoms with Gasteiger partial charge in [0.05, 0.1) is 4.90 Å². The Labute approximate surface area is 104 Å². The van der Waals surface area contributed by atoms with Crippen LogP contribution in [0.3, 0.4) is 0 Å². The number of benzene rings is 1. The molecule has 0 bridgehead atoms. The van der Waals surface area contributed by atoms with E-state index in [4.69, 9.17) is 10.5 Å². The molecule has 0 aliphatic carbocycles. The third-order valence-electron chi connectivity index (χ3n) is 2.12. The van der Waals surface area contributed by atoms with Crippen LogP contribution in [0.5, 0.6) is 11.8 Å². The average molecular weight is 268 g/mol. The molecule has 18 heavy (non-hydrogen) atoms. The molecule has 2 aromatic rings. The van der Waals surface area contributed by atoms with Crippen molar-refractivity contribution in [3.63, 3.8) is 0 Å². The highest BCUT2D eigenvalue weighted by Gasteiger charge is 2.11. The standard InChI is InChI=1S/C10H12N4O3S/c1-14-6-12-10(13-14)17-8-3-7(11)4-9(5-8)18(2,15)16/h3-6H,11H2,1-2H3. The van der Waals surface area contributed by atoms with Crippen LogP contribution < -0.4 is 10.5 Å². The number of nitrogen functional groups attached to an aromatic ring is 1. The Kier molecular flexibility index (Phi) is 2.95. The normalized spacial score (nSPS) is 11.4. The van der Waals surface area contributed by atoms with E-state index in [2.05, 4.69) is 10.1 Å². The second-order valence-corrected chi connectivity index (χ2v) is 5.83. The number of nitrogens with zero attached hydrogens (tertiary/aromatic N) is 3. The molecule has 0 saturated carbocycles. The molecule has 0 aliphatic heterocycles. The van der Waals surface area contributed by atoms with Crippen molar-refractivity contribution >= 4 is 15.5 Å². The van der Waals surface area contributed by atoms with Gasteiger partial charge < -0.3 is 10.5 Å². The molecular formula is C10H12N4O3S. The molecule has 2 N–H and O–H groups in total. The second-order valence-electron chi connectivity index (χ2n) is 3.81. The highest BCUT2D eigenvalue weighted by Crippen LogP contribution is 2.25. The van der Waals surface area contributed by atoms with Gasteiger partial charge in [0.2, 0.25) is 0 Å². The molecule has 0 atom stereocenters. The van der Waals surface area contributed by atoms with Crippen molar-refractivity contribution in [2.24, 2.45) is 7.05 Å². The van der Waals surface area contributed by atoms with Gasteiger partial charge in [0.1, 0.15) is 12.1 Å². The predicted molar refractivity (Wildman–Crippen MR) is 65.0 cm³/mol. The number of ether oxygens (including phenoxy) is 1. The minimum absolute atomic E-state index is 0.0911. The predicted octanol–water partition coefficient (Wildman–Crippen LogP) is 0.593. The van der Waals surface area contributed by atoms with Crippen LogP contribution in [0.25, 0.3) is 0 Å². The minimum Gasteiger partial charge on any atom is -0.423 e. The highest BCUT2D eigenvalue weighted by atomic mass is 32.2. The van der Waals surface area contributed by atoms with Gasteiger partial charge in [-0.2, -0.15) is 4.98 Å². The quantitative estimate of drug-likeness (QED) is 0.818. The summed E-state index contributed by atoms with van der Waals surface area (Å²) < 4.78 is 29.7. The lowest BCUT2D eigenvalue weighted by molar-refractivity contribution is 0.438. The molecule has 1 aromatic heterocycles. The summed E-state index contributed by atoms with van der Waals surface area (Å²) in [5, 5.41) is 3.92. The van der Waals surface area contributed by atoms with Crippen LogP contribution in [-0.2, 0) is 16.9 Å². The van der Waals surface area contributed by atoms with E-state index in [0.717, 1.165) is 6.26 Å². The van der Waals surface area contributed by atoms with Gasteiger partial charge in [-0.25, -0.2) is 8.42 Å². The van der Waals surface area contributed by atoms with Gasteiger partial charge in [-0.15, -0.1) is 5.10 Å². The highest BCUT2D eigenvalue weighted by molar-refractivity contribution is 7.90. The lowest BCUT2D eigenvalue weighted by Gasteiger charge is -2.05. The van der Waals surface area contributed by atoms with Gasteiger partial charge in [-0.3, -0.25) is 4.68 Å². The first-order valence-electron chi connectivity index (χ1n) is 4.99. The third kappa shape index (κ3) is 2.77. The minimum atomic E-state index is -3.34. The maximum Gasteiger partial charge on any atom is 0.340 e. The van der Waals surface area contributed by atoms with Crippen molar-refractivity contribution in [2.75, 3.05) is 12.0 Å². The molecule has 0 radical (unpaired) electrons. The molecule has 0 unspecified atom stereocenters. The molecule has 8 heteroatoms. The van der Waals surface area contributed by atoms with Crippen LogP contribution in [0.4, 0.5) is 5.69 Å². The maximum absolute atomic E-state index is 11.4. The van der Waals surface area contributed by atoms with Crippen LogP contribution in [0, 0.1) is 0 Å². The van der Waals surface area contributed by atoms with E-state index < -0.39 is 9.84 Å². The summed E-state index contributed by atoms with van der Waals surface area (Å²) in [5.74, 6) is 0.279. The zero-order valence-electron chi connectivity index (χ0n) is 9.86. The Hall–Kier alpha value is -2.09. The van der Waals surface area contributed by atoms with Crippen molar-refractivity contribution in [1.29, 1.82) is 0 Å². The van der Waals surface area contributed by atoms with Crippen molar-refractivity contribution in [3.8, 4) is 11.8 Å². The number of sulfone groups is 1. The number of aromatic nitrogens is 3. The van der Waals surface area contributed by atoms with E-state index >= 15 is 0 Å². The topological polar surface area (TPSA) is 100 Å². The van der Waals surface area contributed by atoms with E-state index in [1.54, 1.807) is 7.05 Å². The Morgan fingerprint density at radius 3 is 2.61 bits per heavy atom. The largest absolute Gasteiger partial charge is 0.423 e. The van der Waals surface area contributed by atoms with Crippen LogP contribution >= 0.6 is 0 Å². The zero-order valence-corrected chi connectivity index (χ0v) is 10.7. The van der Waals surface area contributed by atoms with Crippen molar-refractivity contribution < 1.29 is 13.2 Å². The first-order chi connectivity index (χ1) is 8.34. The summed E-state index contributed by atoms with van der Waals surface area (Å²) in [6.07, 6.45) is 2.57. The number of hydrogen-bond donors (Lipinski definition) is 1. The summed E-state index contributed by atoms with van der Waals surface area (Å²) >= 11 is 0. The van der Waals surface area contributed by atoms with Crippen molar-refractivity contribution in [2.45, 2.75) is 4.90 Å². The Balaban J connectivity index is 2.37. The van der Waals surface area contributed by atoms with Crippen molar-refractivity contribution in [1.82, 2.24) is 14.8 Å². The summed E-state index contributed by atoms with van der Waals surface area (Å²) in [7, 11) is -1.65. The smallest absolute Gasteiger partial charge is 0.340 e. The van der Waals surface area contributed by atoms with E-state index in [1.165, 1.54) is 29.2 Å². The molecule has 2 rings (SSSR count). The first kappa shape index (κ1) is 12.4. The van der Waals surface area contributed by atoms with Crippen LogP contribution in [-0.4, -0.2) is 29.4 Å². The van der Waals surface area contributed by atoms with Crippen LogP contribution in [0.2, 0.25) is 0 Å². The van der Waals surface area contributed by atoms with E-state index in [-0.39, 0.29) is 16.7 Å². The monoisotopic (exact) mass is 268 g/mol. The molecule has 1 heterocycles. The lowest BCUT2D eigenvalue weighted by Crippen LogP contribution is -2.00. The molecule has 0 aliphatic rings. The number of hydrogen-bond acceptors (Lipinski definition) is 6. The van der Waals surface area contributed by atoms with Gasteiger partial charge in [-0.1, -0.05) is 0 Å². The van der Waals surface area contributed by atoms with E-state index in [0.29, 0.717) is 5.69 Å². The molecule has 1 aromatic carbocycles. The zero-order chi connectivity index (χ0) is 13.3.